The van der Waals surface area contributed by atoms with Gasteiger partial charge in [0.15, 0.2) is 0 Å². The van der Waals surface area contributed by atoms with Gasteiger partial charge in [0.05, 0.1) is 0 Å². The van der Waals surface area contributed by atoms with Crippen molar-refractivity contribution < 1.29 is 5.11 Å². The van der Waals surface area contributed by atoms with Gasteiger partial charge in [0.1, 0.15) is 6.10 Å². The highest BCUT2D eigenvalue weighted by Crippen LogP contribution is 1.71. The maximum absolute atomic E-state index is 8.31. The molecule has 1 unspecified atom stereocenters. The van der Waals surface area contributed by atoms with Crippen LogP contribution < -0.4 is 0 Å². The Kier molecular flexibility index (Phi) is 2.33. The molecular weight excluding hydrogens is 78.1 g/mol. The zero-order chi connectivity index (χ0) is 4.99. The summed E-state index contributed by atoms with van der Waals surface area (Å²) < 4.78 is 0. The molecule has 34 valence electrons. The minimum Gasteiger partial charge on any atom is -0.383 e. The summed E-state index contributed by atoms with van der Waals surface area (Å²) in [4.78, 5) is 0. The Labute approximate surface area is 36.6 Å². The molecule has 0 radical (unpaired) electrons. The SMILES string of the molecule is C=CC(O)C=N. The van der Waals surface area contributed by atoms with E-state index in [0.29, 0.717) is 0 Å². The molecule has 2 heteroatoms. The maximum atomic E-state index is 8.31. The van der Waals surface area contributed by atoms with Crippen molar-refractivity contribution in [2.24, 2.45) is 0 Å². The first-order chi connectivity index (χ1) is 2.81. The number of hydrogen-bond acceptors (Lipinski definition) is 2. The standard InChI is InChI=1S/C4H7NO/c1-2-4(6)3-5/h2-6H,1H2. The van der Waals surface area contributed by atoms with Crippen LogP contribution in [-0.2, 0) is 0 Å². The minimum absolute atomic E-state index is 0.759. The van der Waals surface area contributed by atoms with E-state index in [4.69, 9.17) is 10.5 Å². The third-order valence-corrected chi connectivity index (χ3v) is 0.412. The number of rotatable bonds is 2. The molecule has 0 bridgehead atoms. The van der Waals surface area contributed by atoms with Gasteiger partial charge in [0.2, 0.25) is 0 Å². The van der Waals surface area contributed by atoms with Crippen molar-refractivity contribution in [3.05, 3.63) is 12.7 Å². The Morgan fingerprint density at radius 1 is 1.83 bits per heavy atom. The van der Waals surface area contributed by atoms with Crippen LogP contribution in [0.2, 0.25) is 0 Å². The quantitative estimate of drug-likeness (QED) is 0.364. The predicted octanol–water partition coefficient (Wildman–Crippen LogP) is 0.183. The number of hydrogen-bond donors (Lipinski definition) is 2. The lowest BCUT2D eigenvalue weighted by Gasteiger charge is -1.86. The van der Waals surface area contributed by atoms with E-state index in [1.54, 1.807) is 0 Å². The fraction of sp³-hybridized carbons (Fsp3) is 0.250. The summed E-state index contributed by atoms with van der Waals surface area (Å²) in [6, 6.07) is 0. The predicted molar refractivity (Wildman–Crippen MR) is 25.0 cm³/mol. The van der Waals surface area contributed by atoms with Gasteiger partial charge >= 0.3 is 0 Å². The van der Waals surface area contributed by atoms with E-state index < -0.39 is 6.10 Å². The van der Waals surface area contributed by atoms with Crippen molar-refractivity contribution in [2.45, 2.75) is 6.10 Å². The molecule has 0 saturated carbocycles. The summed E-state index contributed by atoms with van der Waals surface area (Å²) in [5.41, 5.74) is 0. The molecule has 0 aromatic rings. The van der Waals surface area contributed by atoms with E-state index in [1.807, 2.05) is 0 Å². The summed E-state index contributed by atoms with van der Waals surface area (Å²) in [7, 11) is 0. The molecule has 0 saturated heterocycles. The summed E-state index contributed by atoms with van der Waals surface area (Å²) in [6.07, 6.45) is 1.44. The summed E-state index contributed by atoms with van der Waals surface area (Å²) in [6.45, 7) is 3.23. The third-order valence-electron chi connectivity index (χ3n) is 0.412. The first kappa shape index (κ1) is 5.37. The van der Waals surface area contributed by atoms with Gasteiger partial charge in [-0.25, -0.2) is 0 Å². The molecule has 0 aliphatic carbocycles. The largest absolute Gasteiger partial charge is 0.383 e. The van der Waals surface area contributed by atoms with Gasteiger partial charge in [-0.15, -0.1) is 6.58 Å². The van der Waals surface area contributed by atoms with E-state index in [9.17, 15) is 0 Å². The first-order valence-corrected chi connectivity index (χ1v) is 1.62. The summed E-state index contributed by atoms with van der Waals surface area (Å²) in [5.74, 6) is 0. The van der Waals surface area contributed by atoms with E-state index in [2.05, 4.69) is 6.58 Å². The molecule has 0 spiro atoms. The molecule has 0 aliphatic rings. The summed E-state index contributed by atoms with van der Waals surface area (Å²) in [5, 5.41) is 14.7. The third kappa shape index (κ3) is 1.67. The van der Waals surface area contributed by atoms with Crippen molar-refractivity contribution in [1.82, 2.24) is 0 Å². The van der Waals surface area contributed by atoms with E-state index in [1.165, 1.54) is 6.08 Å². The fourth-order valence-corrected chi connectivity index (χ4v) is 0.0680. The molecule has 2 nitrogen and oxygen atoms in total. The first-order valence-electron chi connectivity index (χ1n) is 1.62. The van der Waals surface area contributed by atoms with Crippen LogP contribution in [0.4, 0.5) is 0 Å². The topological polar surface area (TPSA) is 44.1 Å². The van der Waals surface area contributed by atoms with Gasteiger partial charge < -0.3 is 10.5 Å². The van der Waals surface area contributed by atoms with Crippen molar-refractivity contribution in [2.75, 3.05) is 0 Å². The lowest BCUT2D eigenvalue weighted by atomic mass is 10.4. The second-order valence-corrected chi connectivity index (χ2v) is 0.893. The van der Waals surface area contributed by atoms with Gasteiger partial charge in [0.25, 0.3) is 0 Å². The molecule has 2 N–H and O–H groups in total. The van der Waals surface area contributed by atoms with Gasteiger partial charge in [-0.05, 0) is 0 Å². The van der Waals surface area contributed by atoms with Crippen molar-refractivity contribution in [3.63, 3.8) is 0 Å². The van der Waals surface area contributed by atoms with Gasteiger partial charge in [-0.3, -0.25) is 0 Å². The van der Waals surface area contributed by atoms with Crippen LogP contribution >= 0.6 is 0 Å². The van der Waals surface area contributed by atoms with Gasteiger partial charge in [0, 0.05) is 6.21 Å². The molecule has 1 atom stereocenters. The Hall–Kier alpha value is -0.630. The van der Waals surface area contributed by atoms with Crippen molar-refractivity contribution >= 4 is 6.21 Å². The minimum atomic E-state index is -0.759. The van der Waals surface area contributed by atoms with Crippen LogP contribution in [0.3, 0.4) is 0 Å². The molecule has 0 rings (SSSR count). The molecule has 0 heterocycles. The smallest absolute Gasteiger partial charge is 0.106 e. The zero-order valence-electron chi connectivity index (χ0n) is 3.39. The highest BCUT2D eigenvalue weighted by atomic mass is 16.3. The Balaban J connectivity index is 3.21. The number of aliphatic hydroxyl groups excluding tert-OH is 1. The molecule has 0 aliphatic heterocycles. The van der Waals surface area contributed by atoms with Gasteiger partial charge in [-0.2, -0.15) is 0 Å². The highest BCUT2D eigenvalue weighted by molar-refractivity contribution is 5.61. The van der Waals surface area contributed by atoms with Crippen molar-refractivity contribution in [1.29, 1.82) is 5.41 Å². The van der Waals surface area contributed by atoms with Crippen LogP contribution in [0.15, 0.2) is 12.7 Å². The normalized spacial score (nSPS) is 12.8. The average molecular weight is 85.1 g/mol. The summed E-state index contributed by atoms with van der Waals surface area (Å²) >= 11 is 0. The van der Waals surface area contributed by atoms with Crippen LogP contribution in [0.5, 0.6) is 0 Å². The monoisotopic (exact) mass is 85.1 g/mol. The Morgan fingerprint density at radius 3 is 2.33 bits per heavy atom. The van der Waals surface area contributed by atoms with Gasteiger partial charge in [-0.1, -0.05) is 6.08 Å². The Bertz CT molecular complexity index is 52.6. The molecule has 0 aromatic carbocycles. The second kappa shape index (κ2) is 2.60. The molecular formula is C4H7NO. The molecule has 0 aromatic heterocycles. The van der Waals surface area contributed by atoms with Crippen LogP contribution in [0.1, 0.15) is 0 Å². The number of aliphatic hydroxyl groups is 1. The molecule has 0 amide bonds. The lowest BCUT2D eigenvalue weighted by Crippen LogP contribution is -1.99. The highest BCUT2D eigenvalue weighted by Gasteiger charge is 1.82. The average Bonchev–Trinajstić information content (AvgIpc) is 1.65. The fourth-order valence-electron chi connectivity index (χ4n) is 0.0680. The lowest BCUT2D eigenvalue weighted by molar-refractivity contribution is 0.293. The van der Waals surface area contributed by atoms with E-state index >= 15 is 0 Å². The van der Waals surface area contributed by atoms with E-state index in [0.717, 1.165) is 6.21 Å². The molecule has 6 heavy (non-hydrogen) atoms. The maximum Gasteiger partial charge on any atom is 0.106 e. The van der Waals surface area contributed by atoms with Crippen molar-refractivity contribution in [3.8, 4) is 0 Å². The van der Waals surface area contributed by atoms with E-state index in [-0.39, 0.29) is 0 Å². The van der Waals surface area contributed by atoms with Crippen LogP contribution in [-0.4, -0.2) is 17.4 Å². The molecule has 0 fully saturated rings. The van der Waals surface area contributed by atoms with Crippen LogP contribution in [0.25, 0.3) is 0 Å². The van der Waals surface area contributed by atoms with Crippen LogP contribution in [0, 0.1) is 5.41 Å². The second-order valence-electron chi connectivity index (χ2n) is 0.893. The number of nitrogens with one attached hydrogen (secondary N) is 1. The zero-order valence-corrected chi connectivity index (χ0v) is 3.39. The Morgan fingerprint density at radius 2 is 2.33 bits per heavy atom.